The number of nitrogens with zero attached hydrogens (tertiary/aromatic N) is 1. The van der Waals surface area contributed by atoms with Gasteiger partial charge in [0.2, 0.25) is 0 Å². The van der Waals surface area contributed by atoms with E-state index in [1.54, 1.807) is 19.2 Å². The van der Waals surface area contributed by atoms with Gasteiger partial charge < -0.3 is 9.47 Å². The summed E-state index contributed by atoms with van der Waals surface area (Å²) in [6.07, 6.45) is 8.94. The van der Waals surface area contributed by atoms with E-state index in [9.17, 15) is 4.39 Å². The number of allylic oxidation sites excluding steroid dienone is 2. The molecule has 0 aromatic heterocycles. The number of benzene rings is 1. The van der Waals surface area contributed by atoms with Crippen LogP contribution in [0, 0.1) is 11.7 Å². The summed E-state index contributed by atoms with van der Waals surface area (Å²) in [5.74, 6) is 1.26. The number of ether oxygens (including phenoxy) is 2. The lowest BCUT2D eigenvalue weighted by atomic mass is 9.91. The topological polar surface area (TPSA) is 21.7 Å². The van der Waals surface area contributed by atoms with E-state index in [1.807, 2.05) is 6.08 Å². The number of halogens is 1. The third-order valence-corrected chi connectivity index (χ3v) is 5.09. The first kappa shape index (κ1) is 20.7. The second-order valence-electron chi connectivity index (χ2n) is 7.06. The van der Waals surface area contributed by atoms with Crippen LogP contribution in [0.5, 0.6) is 5.75 Å². The quantitative estimate of drug-likeness (QED) is 0.439. The first-order valence-corrected chi connectivity index (χ1v) is 9.54. The third-order valence-electron chi connectivity index (χ3n) is 5.09. The lowest BCUT2D eigenvalue weighted by Gasteiger charge is -2.36. The zero-order valence-corrected chi connectivity index (χ0v) is 16.1. The Morgan fingerprint density at radius 1 is 1.31 bits per heavy atom. The van der Waals surface area contributed by atoms with Crippen LogP contribution in [0.2, 0.25) is 0 Å². The van der Waals surface area contributed by atoms with Gasteiger partial charge >= 0.3 is 0 Å². The van der Waals surface area contributed by atoms with Crippen LogP contribution >= 0.6 is 0 Å². The van der Waals surface area contributed by atoms with Crippen molar-refractivity contribution in [3.8, 4) is 5.75 Å². The normalized spacial score (nSPS) is 17.9. The van der Waals surface area contributed by atoms with E-state index in [2.05, 4.69) is 24.5 Å². The average Bonchev–Trinajstić information content (AvgIpc) is 2.67. The van der Waals surface area contributed by atoms with Crippen LogP contribution in [0.3, 0.4) is 0 Å². The number of methoxy groups -OCH3 is 1. The number of hydrogen-bond donors (Lipinski definition) is 0. The van der Waals surface area contributed by atoms with Gasteiger partial charge in [0.15, 0.2) is 0 Å². The summed E-state index contributed by atoms with van der Waals surface area (Å²) in [6.45, 7) is 9.50. The van der Waals surface area contributed by atoms with E-state index in [-0.39, 0.29) is 11.9 Å². The minimum Gasteiger partial charge on any atom is -0.492 e. The van der Waals surface area contributed by atoms with Crippen LogP contribution in [0.4, 0.5) is 4.39 Å². The molecular formula is C22H32FNO2. The zero-order chi connectivity index (χ0) is 18.8. The van der Waals surface area contributed by atoms with E-state index in [0.717, 1.165) is 37.6 Å². The van der Waals surface area contributed by atoms with Gasteiger partial charge in [-0.3, -0.25) is 4.90 Å². The van der Waals surface area contributed by atoms with Crippen molar-refractivity contribution < 1.29 is 13.9 Å². The summed E-state index contributed by atoms with van der Waals surface area (Å²) in [5.41, 5.74) is 1.15. The maximum Gasteiger partial charge on any atom is 0.123 e. The maximum atomic E-state index is 13.0. The molecule has 0 saturated carbocycles. The largest absolute Gasteiger partial charge is 0.492 e. The molecule has 1 atom stereocenters. The molecular weight excluding hydrogens is 329 g/mol. The second kappa shape index (κ2) is 11.1. The summed E-state index contributed by atoms with van der Waals surface area (Å²) in [4.78, 5) is 2.49. The summed E-state index contributed by atoms with van der Waals surface area (Å²) < 4.78 is 24.1. The molecule has 0 bridgehead atoms. The van der Waals surface area contributed by atoms with Crippen molar-refractivity contribution in [3.63, 3.8) is 0 Å². The van der Waals surface area contributed by atoms with Crippen LogP contribution in [0.25, 0.3) is 0 Å². The third kappa shape index (κ3) is 6.93. The fourth-order valence-electron chi connectivity index (χ4n) is 3.43. The van der Waals surface area contributed by atoms with E-state index < -0.39 is 0 Å². The van der Waals surface area contributed by atoms with Gasteiger partial charge in [-0.15, -0.1) is 0 Å². The molecule has 1 unspecified atom stereocenters. The SMILES string of the molecule is C=C/C(C)=C/C(COc1ccc(F)cc1)N1CCC(CCCOC)CC1. The van der Waals surface area contributed by atoms with Gasteiger partial charge in [-0.05, 0) is 75.9 Å². The minimum atomic E-state index is -0.244. The predicted molar refractivity (Wildman–Crippen MR) is 105 cm³/mol. The van der Waals surface area contributed by atoms with Gasteiger partial charge in [-0.2, -0.15) is 0 Å². The lowest BCUT2D eigenvalue weighted by Crippen LogP contribution is -2.43. The van der Waals surface area contributed by atoms with Crippen LogP contribution < -0.4 is 4.74 Å². The molecule has 1 aromatic rings. The predicted octanol–water partition coefficient (Wildman–Crippen LogP) is 4.84. The summed E-state index contributed by atoms with van der Waals surface area (Å²) in [7, 11) is 1.77. The molecule has 1 aliphatic heterocycles. The number of likely N-dealkylation sites (tertiary alicyclic amines) is 1. The Kier molecular flexibility index (Phi) is 8.86. The van der Waals surface area contributed by atoms with Crippen molar-refractivity contribution in [1.29, 1.82) is 0 Å². The highest BCUT2D eigenvalue weighted by Crippen LogP contribution is 2.24. The van der Waals surface area contributed by atoms with Crippen LogP contribution in [-0.4, -0.2) is 44.4 Å². The molecule has 144 valence electrons. The Bertz CT molecular complexity index is 562. The fraction of sp³-hybridized carbons (Fsp3) is 0.545. The molecule has 1 fully saturated rings. The van der Waals surface area contributed by atoms with Gasteiger partial charge in [0, 0.05) is 13.7 Å². The standard InChI is InChI=1S/C22H32FNO2/c1-4-18(2)16-21(17-26-22-9-7-20(23)8-10-22)24-13-11-19(12-14-24)6-5-15-25-3/h4,7-10,16,19,21H,1,5-6,11-15,17H2,2-3H3/b18-16+. The van der Waals surface area contributed by atoms with E-state index >= 15 is 0 Å². The van der Waals surface area contributed by atoms with Crippen LogP contribution in [0.15, 0.2) is 48.6 Å². The Balaban J connectivity index is 1.90. The molecule has 0 N–H and O–H groups in total. The smallest absolute Gasteiger partial charge is 0.123 e. The molecule has 0 aliphatic carbocycles. The lowest BCUT2D eigenvalue weighted by molar-refractivity contribution is 0.110. The fourth-order valence-corrected chi connectivity index (χ4v) is 3.43. The molecule has 3 nitrogen and oxygen atoms in total. The highest BCUT2D eigenvalue weighted by Gasteiger charge is 2.24. The first-order valence-electron chi connectivity index (χ1n) is 9.54. The summed E-state index contributed by atoms with van der Waals surface area (Å²) in [5, 5.41) is 0. The van der Waals surface area contributed by atoms with Gasteiger partial charge in [0.1, 0.15) is 18.2 Å². The highest BCUT2D eigenvalue weighted by atomic mass is 19.1. The second-order valence-corrected chi connectivity index (χ2v) is 7.06. The van der Waals surface area contributed by atoms with Gasteiger partial charge in [-0.25, -0.2) is 4.39 Å². The van der Waals surface area contributed by atoms with E-state index in [1.165, 1.54) is 31.4 Å². The van der Waals surface area contributed by atoms with Crippen molar-refractivity contribution in [2.24, 2.45) is 5.92 Å². The Morgan fingerprint density at radius 2 is 2.00 bits per heavy atom. The van der Waals surface area contributed by atoms with Gasteiger partial charge in [-0.1, -0.05) is 24.3 Å². The van der Waals surface area contributed by atoms with Gasteiger partial charge in [0.05, 0.1) is 6.04 Å². The van der Waals surface area contributed by atoms with Crippen molar-refractivity contribution >= 4 is 0 Å². The zero-order valence-electron chi connectivity index (χ0n) is 16.1. The summed E-state index contributed by atoms with van der Waals surface area (Å²) >= 11 is 0. The Morgan fingerprint density at radius 3 is 2.62 bits per heavy atom. The van der Waals surface area contributed by atoms with Gasteiger partial charge in [0.25, 0.3) is 0 Å². The van der Waals surface area contributed by atoms with Crippen LogP contribution in [0.1, 0.15) is 32.6 Å². The van der Waals surface area contributed by atoms with Crippen LogP contribution in [-0.2, 0) is 4.74 Å². The molecule has 4 heteroatoms. The minimum absolute atomic E-state index is 0.206. The molecule has 0 radical (unpaired) electrons. The van der Waals surface area contributed by atoms with Crippen molar-refractivity contribution in [1.82, 2.24) is 4.90 Å². The average molecular weight is 362 g/mol. The van der Waals surface area contributed by atoms with Crippen molar-refractivity contribution in [2.75, 3.05) is 33.4 Å². The molecule has 1 aromatic carbocycles. The Labute approximate surface area is 157 Å². The molecule has 1 saturated heterocycles. The molecule has 0 amide bonds. The number of rotatable bonds is 10. The molecule has 26 heavy (non-hydrogen) atoms. The number of hydrogen-bond acceptors (Lipinski definition) is 3. The maximum absolute atomic E-state index is 13.0. The molecule has 0 spiro atoms. The Hall–Kier alpha value is -1.65. The molecule has 1 heterocycles. The van der Waals surface area contributed by atoms with Crippen molar-refractivity contribution in [3.05, 3.63) is 54.4 Å². The first-order chi connectivity index (χ1) is 12.6. The monoisotopic (exact) mass is 361 g/mol. The molecule has 1 aliphatic rings. The van der Waals surface area contributed by atoms with E-state index in [4.69, 9.17) is 9.47 Å². The number of piperidine rings is 1. The van der Waals surface area contributed by atoms with E-state index in [0.29, 0.717) is 12.4 Å². The molecule has 2 rings (SSSR count). The van der Waals surface area contributed by atoms with Crippen molar-refractivity contribution in [2.45, 2.75) is 38.6 Å². The summed E-state index contributed by atoms with van der Waals surface area (Å²) in [6, 6.07) is 6.43. The highest BCUT2D eigenvalue weighted by molar-refractivity contribution is 5.23.